The summed E-state index contributed by atoms with van der Waals surface area (Å²) in [6, 6.07) is 17.7. The zero-order valence-corrected chi connectivity index (χ0v) is 15.4. The number of hydrogen-bond acceptors (Lipinski definition) is 4. The Morgan fingerprint density at radius 3 is 2.12 bits per heavy atom. The van der Waals surface area contributed by atoms with Crippen molar-refractivity contribution in [2.45, 2.75) is 31.2 Å². The third-order valence-electron chi connectivity index (χ3n) is 4.23. The van der Waals surface area contributed by atoms with E-state index in [1.54, 1.807) is 0 Å². The van der Waals surface area contributed by atoms with Gasteiger partial charge in [0.25, 0.3) is 0 Å². The Balaban J connectivity index is 1.92. The molecule has 26 heavy (non-hydrogen) atoms. The number of benzene rings is 2. The van der Waals surface area contributed by atoms with Crippen LogP contribution in [0.1, 0.15) is 17.5 Å². The molecule has 140 valence electrons. The average Bonchev–Trinajstić information content (AvgIpc) is 2.64. The Hall–Kier alpha value is -1.98. The fraction of sp³-hybridized carbons (Fsp3) is 0.316. The summed E-state index contributed by atoms with van der Waals surface area (Å²) >= 11 is 0. The van der Waals surface area contributed by atoms with Gasteiger partial charge in [0, 0.05) is 6.54 Å². The van der Waals surface area contributed by atoms with E-state index >= 15 is 0 Å². The van der Waals surface area contributed by atoms with Crippen LogP contribution in [0.4, 0.5) is 0 Å². The van der Waals surface area contributed by atoms with Gasteiger partial charge in [0.05, 0.1) is 11.9 Å². The maximum absolute atomic E-state index is 12.6. The van der Waals surface area contributed by atoms with Gasteiger partial charge in [-0.05, 0) is 24.0 Å². The highest BCUT2D eigenvalue weighted by molar-refractivity contribution is 7.58. The van der Waals surface area contributed by atoms with Crippen molar-refractivity contribution in [1.29, 1.82) is 0 Å². The molecule has 2 rings (SSSR count). The second-order valence-corrected chi connectivity index (χ2v) is 8.83. The molecule has 0 bridgehead atoms. The van der Waals surface area contributed by atoms with E-state index < -0.39 is 31.3 Å². The van der Waals surface area contributed by atoms with E-state index in [9.17, 15) is 19.4 Å². The first-order chi connectivity index (χ1) is 12.4. The third kappa shape index (κ3) is 6.39. The van der Waals surface area contributed by atoms with Crippen LogP contribution in [0, 0.1) is 0 Å². The number of carbonyl (C=O) groups is 1. The molecule has 0 aliphatic carbocycles. The van der Waals surface area contributed by atoms with Crippen LogP contribution in [0.5, 0.6) is 0 Å². The van der Waals surface area contributed by atoms with Crippen LogP contribution in [0.2, 0.25) is 0 Å². The molecule has 6 nitrogen and oxygen atoms in total. The molecule has 2 aromatic rings. The molecule has 0 saturated heterocycles. The summed E-state index contributed by atoms with van der Waals surface area (Å²) in [6.07, 6.45) is 0.496. The van der Waals surface area contributed by atoms with E-state index in [-0.39, 0.29) is 0 Å². The predicted molar refractivity (Wildman–Crippen MR) is 102 cm³/mol. The van der Waals surface area contributed by atoms with Crippen LogP contribution in [-0.2, 0) is 22.3 Å². The molecule has 0 fully saturated rings. The van der Waals surface area contributed by atoms with Crippen molar-refractivity contribution in [1.82, 2.24) is 5.32 Å². The number of nitrogens with one attached hydrogen (secondary N) is 1. The SMILES string of the molecule is NC(CCc1ccccc1)P(=O)(O)CC(NCc1ccccc1)C(=O)O. The largest absolute Gasteiger partial charge is 0.480 e. The summed E-state index contributed by atoms with van der Waals surface area (Å²) < 4.78 is 12.6. The van der Waals surface area contributed by atoms with Gasteiger partial charge in [-0.25, -0.2) is 0 Å². The van der Waals surface area contributed by atoms with Crippen LogP contribution < -0.4 is 11.1 Å². The second kappa shape index (κ2) is 9.64. The number of rotatable bonds is 10. The topological polar surface area (TPSA) is 113 Å². The molecule has 0 aromatic heterocycles. The van der Waals surface area contributed by atoms with Crippen LogP contribution in [0.15, 0.2) is 60.7 Å². The molecular formula is C19H25N2O4P. The number of hydrogen-bond donors (Lipinski definition) is 4. The zero-order chi connectivity index (χ0) is 19.0. The Kier molecular flexibility index (Phi) is 7.54. The minimum Gasteiger partial charge on any atom is -0.480 e. The Bertz CT molecular complexity index is 740. The molecule has 0 amide bonds. The van der Waals surface area contributed by atoms with E-state index in [0.29, 0.717) is 19.4 Å². The molecule has 3 atom stereocenters. The maximum Gasteiger partial charge on any atom is 0.321 e. The van der Waals surface area contributed by atoms with E-state index in [1.165, 1.54) is 0 Å². The average molecular weight is 376 g/mol. The van der Waals surface area contributed by atoms with Crippen molar-refractivity contribution in [2.75, 3.05) is 6.16 Å². The number of nitrogens with two attached hydrogens (primary N) is 1. The van der Waals surface area contributed by atoms with Crippen molar-refractivity contribution in [3.63, 3.8) is 0 Å². The molecule has 3 unspecified atom stereocenters. The number of aliphatic carboxylic acids is 1. The van der Waals surface area contributed by atoms with Gasteiger partial charge < -0.3 is 15.7 Å². The standard InChI is InChI=1S/C19H25N2O4P/c20-18(12-11-15-7-3-1-4-8-15)26(24,25)14-17(19(22)23)21-13-16-9-5-2-6-10-16/h1-10,17-18,21H,11-14,20H2,(H,22,23)(H,24,25). The number of aryl methyl sites for hydroxylation is 1. The van der Waals surface area contributed by atoms with Gasteiger partial charge in [-0.1, -0.05) is 60.7 Å². The quantitative estimate of drug-likeness (QED) is 0.474. The first-order valence-electron chi connectivity index (χ1n) is 8.49. The van der Waals surface area contributed by atoms with E-state index in [1.807, 2.05) is 60.7 Å². The molecule has 7 heteroatoms. The lowest BCUT2D eigenvalue weighted by atomic mass is 10.1. The first kappa shape index (κ1) is 20.3. The summed E-state index contributed by atoms with van der Waals surface area (Å²) in [7, 11) is -3.82. The fourth-order valence-electron chi connectivity index (χ4n) is 2.62. The third-order valence-corrected chi connectivity index (χ3v) is 6.41. The molecule has 5 N–H and O–H groups in total. The van der Waals surface area contributed by atoms with E-state index in [0.717, 1.165) is 11.1 Å². The number of carboxylic acid groups (broad SMARTS) is 1. The lowest BCUT2D eigenvalue weighted by molar-refractivity contribution is -0.138. The summed E-state index contributed by atoms with van der Waals surface area (Å²) in [6.45, 7) is 0.303. The fourth-order valence-corrected chi connectivity index (χ4v) is 4.24. The number of carboxylic acids is 1. The van der Waals surface area contributed by atoms with Gasteiger partial charge in [-0.15, -0.1) is 0 Å². The van der Waals surface area contributed by atoms with Crippen LogP contribution in [0.25, 0.3) is 0 Å². The zero-order valence-electron chi connectivity index (χ0n) is 14.5. The predicted octanol–water partition coefficient (Wildman–Crippen LogP) is 2.42. The van der Waals surface area contributed by atoms with Crippen LogP contribution >= 0.6 is 7.37 Å². The molecule has 0 aliphatic rings. The summed E-state index contributed by atoms with van der Waals surface area (Å²) in [5.41, 5.74) is 7.85. The van der Waals surface area contributed by atoms with Crippen LogP contribution in [0.3, 0.4) is 0 Å². The summed E-state index contributed by atoms with van der Waals surface area (Å²) in [5, 5.41) is 12.2. The molecule has 0 spiro atoms. The second-order valence-electron chi connectivity index (χ2n) is 6.29. The van der Waals surface area contributed by atoms with Crippen LogP contribution in [-0.4, -0.2) is 34.0 Å². The van der Waals surface area contributed by atoms with Crippen molar-refractivity contribution in [3.05, 3.63) is 71.8 Å². The summed E-state index contributed by atoms with van der Waals surface area (Å²) in [5.74, 6) is -2.12. The van der Waals surface area contributed by atoms with Crippen molar-refractivity contribution in [3.8, 4) is 0 Å². The molecule has 0 aliphatic heterocycles. The van der Waals surface area contributed by atoms with Gasteiger partial charge in [-0.2, -0.15) is 0 Å². The smallest absolute Gasteiger partial charge is 0.321 e. The molecule has 2 aromatic carbocycles. The molecule has 0 heterocycles. The monoisotopic (exact) mass is 376 g/mol. The lowest BCUT2D eigenvalue weighted by Crippen LogP contribution is -2.41. The van der Waals surface area contributed by atoms with Crippen molar-refractivity contribution in [2.24, 2.45) is 5.73 Å². The van der Waals surface area contributed by atoms with Gasteiger partial charge in [0.1, 0.15) is 6.04 Å². The highest BCUT2D eigenvalue weighted by atomic mass is 31.2. The highest BCUT2D eigenvalue weighted by Gasteiger charge is 2.33. The van der Waals surface area contributed by atoms with E-state index in [2.05, 4.69) is 5.32 Å². The minimum absolute atomic E-state index is 0.303. The molecule has 0 radical (unpaired) electrons. The normalized spacial score (nSPS) is 15.8. The first-order valence-corrected chi connectivity index (χ1v) is 10.4. The van der Waals surface area contributed by atoms with Gasteiger partial charge in [-0.3, -0.25) is 14.7 Å². The Labute approximate surface area is 153 Å². The molecular weight excluding hydrogens is 351 g/mol. The molecule has 0 saturated carbocycles. The lowest BCUT2D eigenvalue weighted by Gasteiger charge is -2.23. The van der Waals surface area contributed by atoms with Gasteiger partial charge >= 0.3 is 5.97 Å². The Morgan fingerprint density at radius 1 is 1.04 bits per heavy atom. The van der Waals surface area contributed by atoms with Gasteiger partial charge in [0.15, 0.2) is 0 Å². The highest BCUT2D eigenvalue weighted by Crippen LogP contribution is 2.46. The summed E-state index contributed by atoms with van der Waals surface area (Å²) in [4.78, 5) is 21.8. The van der Waals surface area contributed by atoms with Crippen molar-refractivity contribution < 1.29 is 19.4 Å². The van der Waals surface area contributed by atoms with Crippen molar-refractivity contribution >= 4 is 13.3 Å². The Morgan fingerprint density at radius 2 is 1.58 bits per heavy atom. The van der Waals surface area contributed by atoms with E-state index in [4.69, 9.17) is 5.73 Å². The maximum atomic E-state index is 12.6. The minimum atomic E-state index is -3.82. The van der Waals surface area contributed by atoms with Gasteiger partial charge in [0.2, 0.25) is 7.37 Å².